The molecule has 1 aliphatic rings. The summed E-state index contributed by atoms with van der Waals surface area (Å²) < 4.78 is 2.14. The van der Waals surface area contributed by atoms with E-state index in [1.165, 1.54) is 11.3 Å². The van der Waals surface area contributed by atoms with Crippen molar-refractivity contribution < 1.29 is 4.79 Å². The van der Waals surface area contributed by atoms with Gasteiger partial charge in [-0.25, -0.2) is 0 Å². The smallest absolute Gasteiger partial charge is 0.254 e. The van der Waals surface area contributed by atoms with Crippen molar-refractivity contribution in [1.29, 1.82) is 0 Å². The summed E-state index contributed by atoms with van der Waals surface area (Å²) in [6.45, 7) is 1.44. The highest BCUT2D eigenvalue weighted by atomic mass is 35.5. The maximum Gasteiger partial charge on any atom is 0.254 e. The lowest BCUT2D eigenvalue weighted by atomic mass is 10.1. The second-order valence-electron chi connectivity index (χ2n) is 4.89. The van der Waals surface area contributed by atoms with Crippen molar-refractivity contribution in [3.05, 3.63) is 58.4 Å². The highest BCUT2D eigenvalue weighted by Gasteiger charge is 2.23. The average Bonchev–Trinajstić information content (AvgIpc) is 2.79. The molecular formula is C15H15ClN2O. The number of benzene rings is 1. The van der Waals surface area contributed by atoms with Gasteiger partial charge < -0.3 is 9.47 Å². The van der Waals surface area contributed by atoms with Crippen LogP contribution in [-0.2, 0) is 20.0 Å². The minimum atomic E-state index is 0.0528. The molecule has 1 aromatic heterocycles. The molecule has 0 fully saturated rings. The molecule has 0 atom stereocenters. The number of nitrogens with zero attached hydrogens (tertiary/aromatic N) is 2. The van der Waals surface area contributed by atoms with Gasteiger partial charge in [0.1, 0.15) is 0 Å². The number of carbonyl (C=O) groups excluding carboxylic acids is 1. The Hall–Kier alpha value is -1.74. The number of aryl methyl sites for hydroxylation is 1. The van der Waals surface area contributed by atoms with Crippen LogP contribution in [0.5, 0.6) is 0 Å². The number of hydrogen-bond donors (Lipinski definition) is 0. The van der Waals surface area contributed by atoms with E-state index in [-0.39, 0.29) is 5.91 Å². The summed E-state index contributed by atoms with van der Waals surface area (Å²) in [5, 5.41) is 0.600. The van der Waals surface area contributed by atoms with Crippen LogP contribution in [-0.4, -0.2) is 21.9 Å². The molecule has 0 radical (unpaired) electrons. The summed E-state index contributed by atoms with van der Waals surface area (Å²) in [6, 6.07) is 9.23. The lowest BCUT2D eigenvalue weighted by Gasteiger charge is -2.28. The molecule has 2 heterocycles. The van der Waals surface area contributed by atoms with Crippen molar-refractivity contribution in [2.75, 3.05) is 6.54 Å². The van der Waals surface area contributed by atoms with Crippen molar-refractivity contribution >= 4 is 17.5 Å². The third-order valence-electron chi connectivity index (χ3n) is 3.63. The standard InChI is InChI=1S/C15H15ClN2O/c1-17-7-5-12-10-18(8-6-14(12)17)15(19)11-3-2-4-13(16)9-11/h2-5,7,9H,6,8,10H2,1H3. The first-order valence-electron chi connectivity index (χ1n) is 6.33. The molecule has 0 unspecified atom stereocenters. The van der Waals surface area contributed by atoms with Crippen LogP contribution in [0.3, 0.4) is 0 Å². The highest BCUT2D eigenvalue weighted by molar-refractivity contribution is 6.30. The first kappa shape index (κ1) is 12.3. The Morgan fingerprint density at radius 2 is 2.16 bits per heavy atom. The second-order valence-corrected chi connectivity index (χ2v) is 5.32. The number of fused-ring (bicyclic) bond motifs is 1. The Labute approximate surface area is 117 Å². The molecule has 98 valence electrons. The van der Waals surface area contributed by atoms with Crippen molar-refractivity contribution in [2.45, 2.75) is 13.0 Å². The summed E-state index contributed by atoms with van der Waals surface area (Å²) in [5.74, 6) is 0.0528. The predicted molar refractivity (Wildman–Crippen MR) is 75.3 cm³/mol. The van der Waals surface area contributed by atoms with E-state index in [9.17, 15) is 4.79 Å². The van der Waals surface area contributed by atoms with Gasteiger partial charge in [-0.05, 0) is 29.8 Å². The van der Waals surface area contributed by atoms with Crippen molar-refractivity contribution in [3.8, 4) is 0 Å². The van der Waals surface area contributed by atoms with Crippen molar-refractivity contribution in [2.24, 2.45) is 7.05 Å². The van der Waals surface area contributed by atoms with Gasteiger partial charge in [0.15, 0.2) is 0 Å². The highest BCUT2D eigenvalue weighted by Crippen LogP contribution is 2.21. The summed E-state index contributed by atoms with van der Waals surface area (Å²) in [6.07, 6.45) is 2.96. The third-order valence-corrected chi connectivity index (χ3v) is 3.87. The molecule has 0 spiro atoms. The van der Waals surface area contributed by atoms with E-state index in [1.54, 1.807) is 12.1 Å². The molecule has 0 aliphatic carbocycles. The van der Waals surface area contributed by atoms with E-state index in [4.69, 9.17) is 11.6 Å². The Morgan fingerprint density at radius 1 is 1.32 bits per heavy atom. The summed E-state index contributed by atoms with van der Waals surface area (Å²) in [7, 11) is 2.05. The fourth-order valence-electron chi connectivity index (χ4n) is 2.60. The molecule has 1 amide bonds. The largest absolute Gasteiger partial charge is 0.354 e. The van der Waals surface area contributed by atoms with Gasteiger partial charge in [-0.15, -0.1) is 0 Å². The number of aromatic nitrogens is 1. The van der Waals surface area contributed by atoms with E-state index in [2.05, 4.69) is 16.8 Å². The molecule has 4 heteroatoms. The molecule has 2 aromatic rings. The van der Waals surface area contributed by atoms with Gasteiger partial charge in [-0.1, -0.05) is 17.7 Å². The van der Waals surface area contributed by atoms with Crippen LogP contribution in [0.1, 0.15) is 21.6 Å². The summed E-state index contributed by atoms with van der Waals surface area (Å²) in [4.78, 5) is 14.3. The molecule has 1 aromatic carbocycles. The van der Waals surface area contributed by atoms with Crippen LogP contribution >= 0.6 is 11.6 Å². The monoisotopic (exact) mass is 274 g/mol. The van der Waals surface area contributed by atoms with E-state index >= 15 is 0 Å². The van der Waals surface area contributed by atoms with Gasteiger partial charge in [0.05, 0.1) is 0 Å². The number of amides is 1. The maximum atomic E-state index is 12.4. The van der Waals surface area contributed by atoms with Crippen molar-refractivity contribution in [3.63, 3.8) is 0 Å². The fraction of sp³-hybridized carbons (Fsp3) is 0.267. The molecule has 19 heavy (non-hydrogen) atoms. The van der Waals surface area contributed by atoms with Crippen LogP contribution in [0.2, 0.25) is 5.02 Å². The number of hydrogen-bond acceptors (Lipinski definition) is 1. The van der Waals surface area contributed by atoms with Crippen LogP contribution in [0.25, 0.3) is 0 Å². The Morgan fingerprint density at radius 3 is 2.95 bits per heavy atom. The summed E-state index contributed by atoms with van der Waals surface area (Å²) >= 11 is 5.94. The zero-order valence-electron chi connectivity index (χ0n) is 10.8. The SMILES string of the molecule is Cn1ccc2c1CCN(C(=O)c1cccc(Cl)c1)C2. The van der Waals surface area contributed by atoms with E-state index in [0.29, 0.717) is 17.1 Å². The van der Waals surface area contributed by atoms with E-state index in [1.807, 2.05) is 24.1 Å². The van der Waals surface area contributed by atoms with Crippen LogP contribution in [0.15, 0.2) is 36.5 Å². The van der Waals surface area contributed by atoms with E-state index in [0.717, 1.165) is 13.0 Å². The molecule has 0 N–H and O–H groups in total. The number of halogens is 1. The normalized spacial score (nSPS) is 14.3. The molecule has 3 nitrogen and oxygen atoms in total. The Bertz CT molecular complexity index is 633. The van der Waals surface area contributed by atoms with Gasteiger partial charge in [0.25, 0.3) is 5.91 Å². The second kappa shape index (κ2) is 4.74. The molecular weight excluding hydrogens is 260 g/mol. The lowest BCUT2D eigenvalue weighted by Crippen LogP contribution is -2.36. The minimum absolute atomic E-state index is 0.0528. The zero-order chi connectivity index (χ0) is 13.4. The number of rotatable bonds is 1. The maximum absolute atomic E-state index is 12.4. The van der Waals surface area contributed by atoms with E-state index < -0.39 is 0 Å². The van der Waals surface area contributed by atoms with Crippen LogP contribution < -0.4 is 0 Å². The Kier molecular flexibility index (Phi) is 3.07. The fourth-order valence-corrected chi connectivity index (χ4v) is 2.79. The van der Waals surface area contributed by atoms with Gasteiger partial charge in [0.2, 0.25) is 0 Å². The molecule has 3 rings (SSSR count). The van der Waals surface area contributed by atoms with Gasteiger partial charge in [-0.2, -0.15) is 0 Å². The average molecular weight is 275 g/mol. The first-order chi connectivity index (χ1) is 9.15. The summed E-state index contributed by atoms with van der Waals surface area (Å²) in [5.41, 5.74) is 3.23. The van der Waals surface area contributed by atoms with Gasteiger partial charge in [0, 0.05) is 49.0 Å². The predicted octanol–water partition coefficient (Wildman–Crippen LogP) is 2.88. The minimum Gasteiger partial charge on any atom is -0.354 e. The third kappa shape index (κ3) is 2.26. The molecule has 0 bridgehead atoms. The molecule has 0 saturated carbocycles. The Balaban J connectivity index is 1.83. The molecule has 1 aliphatic heterocycles. The number of carbonyl (C=O) groups is 1. The van der Waals surface area contributed by atoms with Gasteiger partial charge in [-0.3, -0.25) is 4.79 Å². The van der Waals surface area contributed by atoms with Gasteiger partial charge >= 0.3 is 0 Å². The first-order valence-corrected chi connectivity index (χ1v) is 6.71. The zero-order valence-corrected chi connectivity index (χ0v) is 11.5. The topological polar surface area (TPSA) is 25.2 Å². The van der Waals surface area contributed by atoms with Crippen LogP contribution in [0.4, 0.5) is 0 Å². The van der Waals surface area contributed by atoms with Crippen molar-refractivity contribution in [1.82, 2.24) is 9.47 Å². The molecule has 0 saturated heterocycles. The lowest BCUT2D eigenvalue weighted by molar-refractivity contribution is 0.0733. The quantitative estimate of drug-likeness (QED) is 0.785. The van der Waals surface area contributed by atoms with Crippen LogP contribution in [0, 0.1) is 0 Å².